The van der Waals surface area contributed by atoms with Gasteiger partial charge in [-0.2, -0.15) is 13.8 Å². The largest absolute Gasteiger partial charge is 0.390 e. The van der Waals surface area contributed by atoms with Crippen LogP contribution in [-0.4, -0.2) is 44.3 Å². The topological polar surface area (TPSA) is 111 Å². The molecule has 3 unspecified atom stereocenters. The summed E-state index contributed by atoms with van der Waals surface area (Å²) in [5.74, 6) is -7.70. The number of hydrogen-bond donors (Lipinski definition) is 3. The second-order valence-electron chi connectivity index (χ2n) is 4.03. The van der Waals surface area contributed by atoms with E-state index in [-0.39, 0.29) is 10.4 Å². The van der Waals surface area contributed by atoms with Crippen LogP contribution in [0.1, 0.15) is 6.23 Å². The van der Waals surface area contributed by atoms with E-state index in [1.165, 1.54) is 0 Å². The minimum Gasteiger partial charge on any atom is -0.390 e. The zero-order chi connectivity index (χ0) is 14.4. The SMILES string of the molecule is Nc1ccn(C2OC(F)(CO)C(O)C2(F)F)c(=O)n1. The molecule has 1 aliphatic rings. The van der Waals surface area contributed by atoms with Gasteiger partial charge in [0.25, 0.3) is 5.85 Å². The smallest absolute Gasteiger partial charge is 0.351 e. The van der Waals surface area contributed by atoms with Crippen LogP contribution in [0.2, 0.25) is 0 Å². The van der Waals surface area contributed by atoms with Crippen LogP contribution >= 0.6 is 0 Å². The molecule has 0 radical (unpaired) electrons. The van der Waals surface area contributed by atoms with Gasteiger partial charge in [0.05, 0.1) is 0 Å². The maximum absolute atomic E-state index is 13.7. The summed E-state index contributed by atoms with van der Waals surface area (Å²) in [6.07, 6.45) is -4.52. The van der Waals surface area contributed by atoms with Crippen LogP contribution in [0.15, 0.2) is 17.1 Å². The molecule has 1 fully saturated rings. The van der Waals surface area contributed by atoms with Crippen molar-refractivity contribution in [2.45, 2.75) is 24.1 Å². The highest BCUT2D eigenvalue weighted by atomic mass is 19.3. The number of aliphatic hydroxyl groups is 2. The quantitative estimate of drug-likeness (QED) is 0.642. The van der Waals surface area contributed by atoms with E-state index in [2.05, 4.69) is 9.72 Å². The van der Waals surface area contributed by atoms with Crippen molar-refractivity contribution >= 4 is 5.82 Å². The van der Waals surface area contributed by atoms with E-state index in [0.29, 0.717) is 0 Å². The first-order chi connectivity index (χ1) is 8.72. The van der Waals surface area contributed by atoms with Gasteiger partial charge in [0, 0.05) is 6.20 Å². The molecule has 106 valence electrons. The molecule has 1 aromatic rings. The summed E-state index contributed by atoms with van der Waals surface area (Å²) in [6, 6.07) is 1.03. The Morgan fingerprint density at radius 1 is 1.53 bits per heavy atom. The van der Waals surface area contributed by atoms with Crippen molar-refractivity contribution in [1.82, 2.24) is 9.55 Å². The van der Waals surface area contributed by atoms with Gasteiger partial charge in [-0.1, -0.05) is 0 Å². The Bertz CT molecular complexity index is 552. The highest BCUT2D eigenvalue weighted by Crippen LogP contribution is 2.47. The molecule has 0 amide bonds. The molecule has 1 saturated heterocycles. The number of anilines is 1. The Hall–Kier alpha value is -1.65. The van der Waals surface area contributed by atoms with Gasteiger partial charge in [0.1, 0.15) is 12.4 Å². The molecule has 0 aliphatic carbocycles. The Kier molecular flexibility index (Phi) is 3.03. The number of aliphatic hydroxyl groups excluding tert-OH is 2. The number of rotatable bonds is 2. The Morgan fingerprint density at radius 2 is 2.16 bits per heavy atom. The molecule has 0 spiro atoms. The van der Waals surface area contributed by atoms with Crippen molar-refractivity contribution in [2.75, 3.05) is 12.3 Å². The number of alkyl halides is 3. The molecule has 0 saturated carbocycles. The normalized spacial score (nSPS) is 33.5. The molecule has 10 heteroatoms. The van der Waals surface area contributed by atoms with Crippen molar-refractivity contribution < 1.29 is 28.1 Å². The molecule has 2 rings (SSSR count). The van der Waals surface area contributed by atoms with E-state index in [4.69, 9.17) is 10.8 Å². The molecule has 0 bridgehead atoms. The lowest BCUT2D eigenvalue weighted by Crippen LogP contribution is -2.46. The van der Waals surface area contributed by atoms with Crippen molar-refractivity contribution in [3.05, 3.63) is 22.7 Å². The van der Waals surface area contributed by atoms with Gasteiger partial charge < -0.3 is 20.7 Å². The molecular formula is C9H10F3N3O4. The van der Waals surface area contributed by atoms with Crippen molar-refractivity contribution in [1.29, 1.82) is 0 Å². The summed E-state index contributed by atoms with van der Waals surface area (Å²) in [5, 5.41) is 17.9. The maximum atomic E-state index is 13.7. The summed E-state index contributed by atoms with van der Waals surface area (Å²) in [4.78, 5) is 14.6. The van der Waals surface area contributed by atoms with Crippen molar-refractivity contribution in [2.24, 2.45) is 0 Å². The number of hydrogen-bond acceptors (Lipinski definition) is 6. The Balaban J connectivity index is 2.48. The lowest BCUT2D eigenvalue weighted by Gasteiger charge is -2.20. The molecule has 1 aliphatic heterocycles. The number of nitrogen functional groups attached to an aromatic ring is 1. The third kappa shape index (κ3) is 1.97. The van der Waals surface area contributed by atoms with Crippen molar-refractivity contribution in [3.8, 4) is 0 Å². The molecule has 2 heterocycles. The van der Waals surface area contributed by atoms with Crippen LogP contribution in [-0.2, 0) is 4.74 Å². The van der Waals surface area contributed by atoms with Crippen molar-refractivity contribution in [3.63, 3.8) is 0 Å². The summed E-state index contributed by atoms with van der Waals surface area (Å²) >= 11 is 0. The minimum atomic E-state index is -4.13. The van der Waals surface area contributed by atoms with E-state index < -0.39 is 36.4 Å². The summed E-state index contributed by atoms with van der Waals surface area (Å²) in [7, 11) is 0. The van der Waals surface area contributed by atoms with Gasteiger partial charge in [-0.25, -0.2) is 9.18 Å². The van der Waals surface area contributed by atoms with Crippen LogP contribution in [0.3, 0.4) is 0 Å². The minimum absolute atomic E-state index is 0.211. The van der Waals surface area contributed by atoms with E-state index in [0.717, 1.165) is 12.3 Å². The second kappa shape index (κ2) is 4.18. The van der Waals surface area contributed by atoms with Gasteiger partial charge >= 0.3 is 11.6 Å². The second-order valence-corrected chi connectivity index (χ2v) is 4.03. The zero-order valence-corrected chi connectivity index (χ0v) is 9.33. The van der Waals surface area contributed by atoms with Crippen LogP contribution in [0.25, 0.3) is 0 Å². The standard InChI is InChI=1S/C9H10F3N3O4/c10-8(3-16)5(17)9(11,12)6(19-8)15-2-1-4(13)14-7(15)18/h1-2,5-6,16-17H,3H2,(H2,13,14,18). The third-order valence-corrected chi connectivity index (χ3v) is 2.73. The Morgan fingerprint density at radius 3 is 2.63 bits per heavy atom. The first kappa shape index (κ1) is 13.8. The zero-order valence-electron chi connectivity index (χ0n) is 9.33. The highest BCUT2D eigenvalue weighted by molar-refractivity contribution is 5.23. The number of halogens is 3. The number of ether oxygens (including phenoxy) is 1. The van der Waals surface area contributed by atoms with E-state index in [9.17, 15) is 23.1 Å². The highest BCUT2D eigenvalue weighted by Gasteiger charge is 2.68. The van der Waals surface area contributed by atoms with Crippen LogP contribution in [0.4, 0.5) is 19.0 Å². The molecule has 1 aromatic heterocycles. The van der Waals surface area contributed by atoms with E-state index in [1.807, 2.05) is 0 Å². The number of nitrogens with zero attached hydrogens (tertiary/aromatic N) is 2. The van der Waals surface area contributed by atoms with Crippen LogP contribution in [0.5, 0.6) is 0 Å². The maximum Gasteiger partial charge on any atom is 0.351 e. The van der Waals surface area contributed by atoms with Gasteiger partial charge in [-0.3, -0.25) is 4.57 Å². The number of aromatic nitrogens is 2. The van der Waals surface area contributed by atoms with E-state index >= 15 is 0 Å². The fourth-order valence-corrected chi connectivity index (χ4v) is 1.72. The summed E-state index contributed by atoms with van der Waals surface area (Å²) < 4.78 is 45.7. The molecule has 4 N–H and O–H groups in total. The fourth-order valence-electron chi connectivity index (χ4n) is 1.72. The van der Waals surface area contributed by atoms with Crippen LogP contribution < -0.4 is 11.4 Å². The van der Waals surface area contributed by atoms with Crippen LogP contribution in [0, 0.1) is 0 Å². The monoisotopic (exact) mass is 281 g/mol. The molecular weight excluding hydrogens is 271 g/mol. The third-order valence-electron chi connectivity index (χ3n) is 2.73. The molecule has 19 heavy (non-hydrogen) atoms. The fraction of sp³-hybridized carbons (Fsp3) is 0.556. The lowest BCUT2D eigenvalue weighted by molar-refractivity contribution is -0.207. The summed E-state index contributed by atoms with van der Waals surface area (Å²) in [5.41, 5.74) is 3.99. The molecule has 0 aromatic carbocycles. The molecule has 3 atom stereocenters. The van der Waals surface area contributed by atoms with E-state index in [1.54, 1.807) is 0 Å². The average molecular weight is 281 g/mol. The first-order valence-electron chi connectivity index (χ1n) is 5.10. The molecule has 7 nitrogen and oxygen atoms in total. The predicted molar refractivity (Wildman–Crippen MR) is 54.9 cm³/mol. The predicted octanol–water partition coefficient (Wildman–Crippen LogP) is -0.991. The van der Waals surface area contributed by atoms with Gasteiger partial charge in [-0.05, 0) is 6.07 Å². The van der Waals surface area contributed by atoms with Gasteiger partial charge in [0.2, 0.25) is 6.23 Å². The first-order valence-corrected chi connectivity index (χ1v) is 5.10. The van der Waals surface area contributed by atoms with Gasteiger partial charge in [0.15, 0.2) is 6.10 Å². The average Bonchev–Trinajstić information content (AvgIpc) is 2.51. The lowest BCUT2D eigenvalue weighted by atomic mass is 10.1. The number of nitrogens with two attached hydrogens (primary N) is 1. The Labute approximate surface area is 104 Å². The van der Waals surface area contributed by atoms with Gasteiger partial charge in [-0.15, -0.1) is 0 Å². The summed E-state index contributed by atoms with van der Waals surface area (Å²) in [6.45, 7) is -1.49.